The highest BCUT2D eigenvalue weighted by atomic mass is 19.4. The van der Waals surface area contributed by atoms with Crippen molar-refractivity contribution in [3.8, 4) is 11.1 Å². The Morgan fingerprint density at radius 1 is 0.861 bits per heavy atom. The minimum Gasteiger partial charge on any atom is -0.331 e. The Morgan fingerprint density at radius 3 is 2.25 bits per heavy atom. The van der Waals surface area contributed by atoms with Crippen LogP contribution in [-0.4, -0.2) is 52.3 Å². The van der Waals surface area contributed by atoms with Crippen LogP contribution in [0.5, 0.6) is 0 Å². The fourth-order valence-corrected chi connectivity index (χ4v) is 5.55. The molecule has 0 aromatic heterocycles. The molecule has 0 spiro atoms. The molecule has 3 heterocycles. The first-order valence-electron chi connectivity index (χ1n) is 11.5. The van der Waals surface area contributed by atoms with E-state index in [2.05, 4.69) is 0 Å². The largest absolute Gasteiger partial charge is 0.416 e. The van der Waals surface area contributed by atoms with Crippen LogP contribution in [0, 0.1) is 0 Å². The normalized spacial score (nSPS) is 23.0. The van der Waals surface area contributed by atoms with Crippen molar-refractivity contribution in [2.45, 2.75) is 30.7 Å². The van der Waals surface area contributed by atoms with Crippen LogP contribution in [0.1, 0.15) is 22.3 Å². The molecule has 0 saturated carbocycles. The van der Waals surface area contributed by atoms with Gasteiger partial charge in [0, 0.05) is 12.1 Å². The number of imide groups is 1. The molecule has 182 valence electrons. The highest BCUT2D eigenvalue weighted by molar-refractivity contribution is 6.22. The summed E-state index contributed by atoms with van der Waals surface area (Å²) in [5, 5.41) is 0. The molecule has 3 aliphatic heterocycles. The van der Waals surface area contributed by atoms with E-state index in [0.29, 0.717) is 12.0 Å². The summed E-state index contributed by atoms with van der Waals surface area (Å²) in [4.78, 5) is 43.6. The van der Waals surface area contributed by atoms with E-state index in [1.54, 1.807) is 17.0 Å². The van der Waals surface area contributed by atoms with Crippen LogP contribution in [0.3, 0.4) is 0 Å². The Hall–Kier alpha value is -4.14. The summed E-state index contributed by atoms with van der Waals surface area (Å²) in [6, 6.07) is 18.7. The lowest BCUT2D eigenvalue weighted by molar-refractivity contribution is -0.137. The van der Waals surface area contributed by atoms with E-state index < -0.39 is 35.8 Å². The Bertz CT molecular complexity index is 1370. The summed E-state index contributed by atoms with van der Waals surface area (Å²) >= 11 is 0. The molecule has 3 aliphatic rings. The molecule has 36 heavy (non-hydrogen) atoms. The molecule has 0 aliphatic carbocycles. The molecule has 2 bridgehead atoms. The smallest absolute Gasteiger partial charge is 0.331 e. The molecule has 3 atom stereocenters. The lowest BCUT2D eigenvalue weighted by atomic mass is 10.0. The molecular weight excluding hydrogens is 471 g/mol. The molecular formula is C27H20F3N3O3. The van der Waals surface area contributed by atoms with Crippen molar-refractivity contribution in [3.63, 3.8) is 0 Å². The van der Waals surface area contributed by atoms with Crippen molar-refractivity contribution in [1.82, 2.24) is 9.80 Å². The molecule has 6 rings (SSSR count). The first-order chi connectivity index (χ1) is 17.2. The third kappa shape index (κ3) is 3.37. The monoisotopic (exact) mass is 491 g/mol. The van der Waals surface area contributed by atoms with Gasteiger partial charge in [-0.25, -0.2) is 9.69 Å². The second-order valence-corrected chi connectivity index (χ2v) is 9.21. The quantitative estimate of drug-likeness (QED) is 0.495. The van der Waals surface area contributed by atoms with Gasteiger partial charge in [0.15, 0.2) is 0 Å². The van der Waals surface area contributed by atoms with Crippen molar-refractivity contribution in [3.05, 3.63) is 90.0 Å². The molecule has 0 radical (unpaired) electrons. The van der Waals surface area contributed by atoms with Crippen LogP contribution in [0.25, 0.3) is 11.1 Å². The standard InChI is InChI=1S/C27H20F3N3O3/c28-27(29,30)19-7-4-8-20(13-19)33-25(35)23-22-14-21(32(23)26(33)36)15-31(22)24(34)18-11-9-17(10-12-18)16-5-2-1-3-6-16/h1-13,21-23H,14-15H2. The molecule has 9 heteroatoms. The Morgan fingerprint density at radius 2 is 1.56 bits per heavy atom. The predicted molar refractivity (Wildman–Crippen MR) is 125 cm³/mol. The van der Waals surface area contributed by atoms with Gasteiger partial charge in [0.1, 0.15) is 6.04 Å². The fourth-order valence-electron chi connectivity index (χ4n) is 5.55. The summed E-state index contributed by atoms with van der Waals surface area (Å²) in [6.07, 6.45) is -4.14. The number of carbonyl (C=O) groups is 3. The predicted octanol–water partition coefficient (Wildman–Crippen LogP) is 4.81. The van der Waals surface area contributed by atoms with Gasteiger partial charge in [-0.15, -0.1) is 0 Å². The van der Waals surface area contributed by atoms with E-state index in [0.717, 1.165) is 28.2 Å². The third-order valence-corrected chi connectivity index (χ3v) is 7.20. The summed E-state index contributed by atoms with van der Waals surface area (Å²) in [5.41, 5.74) is 1.40. The van der Waals surface area contributed by atoms with E-state index in [1.165, 1.54) is 17.0 Å². The number of anilines is 1. The molecule has 3 unspecified atom stereocenters. The SMILES string of the molecule is O=C1C2C3CC(CN3C(=O)c3ccc(-c4ccccc4)cc3)N2C(=O)N1c1cccc(C(F)(F)F)c1. The number of halogens is 3. The Labute approximate surface area is 204 Å². The number of carbonyl (C=O) groups excluding carboxylic acids is 3. The maximum absolute atomic E-state index is 13.3. The summed E-state index contributed by atoms with van der Waals surface area (Å²) in [7, 11) is 0. The number of hydrogen-bond donors (Lipinski definition) is 0. The number of amides is 4. The molecule has 3 fully saturated rings. The van der Waals surface area contributed by atoms with E-state index in [-0.39, 0.29) is 24.2 Å². The van der Waals surface area contributed by atoms with Gasteiger partial charge >= 0.3 is 12.2 Å². The summed E-state index contributed by atoms with van der Waals surface area (Å²) < 4.78 is 39.6. The second kappa shape index (κ2) is 7.94. The molecule has 0 N–H and O–H groups in total. The zero-order valence-corrected chi connectivity index (χ0v) is 18.9. The molecule has 4 amide bonds. The number of piperazine rings is 1. The van der Waals surface area contributed by atoms with Crippen LogP contribution in [0.2, 0.25) is 0 Å². The van der Waals surface area contributed by atoms with Gasteiger partial charge in [-0.3, -0.25) is 9.59 Å². The first kappa shape index (κ1) is 22.3. The van der Waals surface area contributed by atoms with Gasteiger partial charge in [-0.1, -0.05) is 48.5 Å². The van der Waals surface area contributed by atoms with Crippen molar-refractivity contribution in [2.75, 3.05) is 11.4 Å². The summed E-state index contributed by atoms with van der Waals surface area (Å²) in [6.45, 7) is 0.274. The molecule has 3 saturated heterocycles. The lowest BCUT2D eigenvalue weighted by Crippen LogP contribution is -2.54. The van der Waals surface area contributed by atoms with E-state index in [1.807, 2.05) is 42.5 Å². The van der Waals surface area contributed by atoms with E-state index >= 15 is 0 Å². The Balaban J connectivity index is 1.24. The maximum Gasteiger partial charge on any atom is 0.416 e. The highest BCUT2D eigenvalue weighted by Gasteiger charge is 2.63. The van der Waals surface area contributed by atoms with Crippen LogP contribution in [-0.2, 0) is 11.0 Å². The number of fused-ring (bicyclic) bond motifs is 5. The van der Waals surface area contributed by atoms with Crippen molar-refractivity contribution in [2.24, 2.45) is 0 Å². The number of hydrogen-bond acceptors (Lipinski definition) is 3. The zero-order chi connectivity index (χ0) is 25.2. The average Bonchev–Trinajstić information content (AvgIpc) is 3.55. The van der Waals surface area contributed by atoms with Gasteiger partial charge < -0.3 is 9.80 Å². The topological polar surface area (TPSA) is 60.9 Å². The minimum atomic E-state index is -4.60. The number of rotatable bonds is 3. The average molecular weight is 491 g/mol. The molecule has 3 aromatic carbocycles. The maximum atomic E-state index is 13.3. The third-order valence-electron chi connectivity index (χ3n) is 7.20. The number of urea groups is 1. The fraction of sp³-hybridized carbons (Fsp3) is 0.222. The van der Waals surface area contributed by atoms with Gasteiger partial charge in [-0.2, -0.15) is 13.2 Å². The van der Waals surface area contributed by atoms with Crippen molar-refractivity contribution >= 4 is 23.5 Å². The summed E-state index contributed by atoms with van der Waals surface area (Å²) in [5.74, 6) is -0.844. The number of alkyl halides is 3. The number of likely N-dealkylation sites (tertiary alicyclic amines) is 1. The van der Waals surface area contributed by atoms with Crippen LogP contribution in [0.4, 0.5) is 23.7 Å². The number of nitrogens with zero attached hydrogens (tertiary/aromatic N) is 3. The lowest BCUT2D eigenvalue weighted by Gasteiger charge is -2.35. The van der Waals surface area contributed by atoms with Crippen LogP contribution in [0.15, 0.2) is 78.9 Å². The number of benzene rings is 3. The molecule has 3 aromatic rings. The van der Waals surface area contributed by atoms with Crippen LogP contribution >= 0.6 is 0 Å². The second-order valence-electron chi connectivity index (χ2n) is 9.21. The van der Waals surface area contributed by atoms with Crippen molar-refractivity contribution in [1.29, 1.82) is 0 Å². The van der Waals surface area contributed by atoms with E-state index in [9.17, 15) is 27.6 Å². The van der Waals surface area contributed by atoms with Crippen LogP contribution < -0.4 is 4.90 Å². The molecule has 6 nitrogen and oxygen atoms in total. The van der Waals surface area contributed by atoms with Gasteiger partial charge in [0.25, 0.3) is 11.8 Å². The first-order valence-corrected chi connectivity index (χ1v) is 11.5. The zero-order valence-electron chi connectivity index (χ0n) is 18.9. The van der Waals surface area contributed by atoms with Gasteiger partial charge in [0.05, 0.1) is 23.3 Å². The van der Waals surface area contributed by atoms with E-state index in [4.69, 9.17) is 0 Å². The van der Waals surface area contributed by atoms with Crippen molar-refractivity contribution < 1.29 is 27.6 Å². The Kier molecular flexibility index (Phi) is 4.93. The van der Waals surface area contributed by atoms with Gasteiger partial charge in [0.2, 0.25) is 0 Å². The minimum absolute atomic E-state index is 0.122. The highest BCUT2D eigenvalue weighted by Crippen LogP contribution is 2.43. The van der Waals surface area contributed by atoms with Gasteiger partial charge in [-0.05, 0) is 47.9 Å².